The van der Waals surface area contributed by atoms with Gasteiger partial charge >= 0.3 is 0 Å². The molecular formula is C15H16N4S. The Hall–Kier alpha value is -1.88. The summed E-state index contributed by atoms with van der Waals surface area (Å²) in [6, 6.07) is 4.56. The smallest absolute Gasteiger partial charge is 0.203 e. The highest BCUT2D eigenvalue weighted by molar-refractivity contribution is 7.10. The molecular weight excluding hydrogens is 268 g/mol. The molecule has 102 valence electrons. The van der Waals surface area contributed by atoms with Crippen molar-refractivity contribution >= 4 is 28.4 Å². The van der Waals surface area contributed by atoms with Gasteiger partial charge in [0.05, 0.1) is 6.04 Å². The number of pyridine rings is 1. The minimum Gasteiger partial charge on any atom is -0.369 e. The van der Waals surface area contributed by atoms with Gasteiger partial charge in [-0.05, 0) is 54.8 Å². The normalized spacial score (nSPS) is 18.4. The maximum Gasteiger partial charge on any atom is 0.203 e. The summed E-state index contributed by atoms with van der Waals surface area (Å²) in [7, 11) is 0. The molecule has 0 fully saturated rings. The molecule has 0 aliphatic heterocycles. The van der Waals surface area contributed by atoms with Crippen molar-refractivity contribution in [3.05, 3.63) is 39.7 Å². The van der Waals surface area contributed by atoms with E-state index in [0.717, 1.165) is 23.1 Å². The first-order valence-corrected chi connectivity index (χ1v) is 7.78. The molecule has 1 aliphatic carbocycles. The number of nitrogen functional groups attached to an aromatic ring is 1. The molecule has 2 N–H and O–H groups in total. The van der Waals surface area contributed by atoms with E-state index >= 15 is 0 Å². The van der Waals surface area contributed by atoms with Crippen molar-refractivity contribution in [3.8, 4) is 0 Å². The largest absolute Gasteiger partial charge is 0.369 e. The topological polar surface area (TPSA) is 56.7 Å². The van der Waals surface area contributed by atoms with E-state index in [0.29, 0.717) is 5.95 Å². The zero-order chi connectivity index (χ0) is 13.7. The maximum atomic E-state index is 6.18. The lowest BCUT2D eigenvalue weighted by Gasteiger charge is -2.24. The molecule has 0 bridgehead atoms. The summed E-state index contributed by atoms with van der Waals surface area (Å²) in [5, 5.41) is 2.18. The number of nitrogens with two attached hydrogens (primary N) is 1. The number of rotatable bonds is 1. The van der Waals surface area contributed by atoms with Crippen LogP contribution in [-0.2, 0) is 6.42 Å². The first kappa shape index (κ1) is 11.9. The maximum absolute atomic E-state index is 6.18. The minimum absolute atomic E-state index is 0.283. The van der Waals surface area contributed by atoms with Crippen molar-refractivity contribution in [2.24, 2.45) is 0 Å². The van der Waals surface area contributed by atoms with Crippen LogP contribution in [0, 0.1) is 6.92 Å². The third kappa shape index (κ3) is 1.66. The average Bonchev–Trinajstić information content (AvgIpc) is 3.01. The number of hydrogen-bond donors (Lipinski definition) is 1. The highest BCUT2D eigenvalue weighted by Gasteiger charge is 2.26. The summed E-state index contributed by atoms with van der Waals surface area (Å²) in [5.41, 5.74) is 10.5. The van der Waals surface area contributed by atoms with E-state index in [2.05, 4.69) is 26.0 Å². The molecule has 0 saturated carbocycles. The molecule has 4 rings (SSSR count). The second-order valence-electron chi connectivity index (χ2n) is 5.40. The highest BCUT2D eigenvalue weighted by atomic mass is 32.1. The zero-order valence-electron chi connectivity index (χ0n) is 11.3. The predicted octanol–water partition coefficient (Wildman–Crippen LogP) is 3.31. The fourth-order valence-electron chi connectivity index (χ4n) is 3.14. The molecule has 3 aromatic heterocycles. The van der Waals surface area contributed by atoms with Crippen LogP contribution in [0.1, 0.15) is 34.9 Å². The van der Waals surface area contributed by atoms with Crippen LogP contribution < -0.4 is 5.73 Å². The van der Waals surface area contributed by atoms with E-state index < -0.39 is 0 Å². The van der Waals surface area contributed by atoms with Crippen molar-refractivity contribution in [2.75, 3.05) is 5.73 Å². The van der Waals surface area contributed by atoms with Gasteiger partial charge in [0, 0.05) is 11.1 Å². The lowest BCUT2D eigenvalue weighted by Crippen LogP contribution is -2.17. The predicted molar refractivity (Wildman–Crippen MR) is 82.1 cm³/mol. The van der Waals surface area contributed by atoms with Crippen LogP contribution in [0.25, 0.3) is 11.2 Å². The van der Waals surface area contributed by atoms with Crippen LogP contribution in [0.5, 0.6) is 0 Å². The van der Waals surface area contributed by atoms with Crippen molar-refractivity contribution in [1.82, 2.24) is 14.5 Å². The summed E-state index contributed by atoms with van der Waals surface area (Å²) in [6.45, 7) is 2.03. The van der Waals surface area contributed by atoms with Crippen molar-refractivity contribution in [2.45, 2.75) is 32.2 Å². The minimum atomic E-state index is 0.283. The molecule has 0 spiro atoms. The molecule has 4 nitrogen and oxygen atoms in total. The molecule has 3 aromatic rings. The van der Waals surface area contributed by atoms with E-state index in [1.54, 1.807) is 0 Å². The Balaban J connectivity index is 1.94. The summed E-state index contributed by atoms with van der Waals surface area (Å²) in [6.07, 6.45) is 5.37. The van der Waals surface area contributed by atoms with Crippen molar-refractivity contribution in [3.63, 3.8) is 0 Å². The first-order chi connectivity index (χ1) is 9.74. The highest BCUT2D eigenvalue weighted by Crippen LogP contribution is 2.38. The number of fused-ring (bicyclic) bond motifs is 2. The number of imidazole rings is 1. The molecule has 0 aromatic carbocycles. The van der Waals surface area contributed by atoms with Crippen LogP contribution in [0.3, 0.4) is 0 Å². The number of anilines is 1. The Kier molecular flexibility index (Phi) is 2.57. The lowest BCUT2D eigenvalue weighted by molar-refractivity contribution is 0.508. The molecule has 5 heteroatoms. The third-order valence-corrected chi connectivity index (χ3v) is 5.02. The Morgan fingerprint density at radius 2 is 2.35 bits per heavy atom. The number of hydrogen-bond acceptors (Lipinski definition) is 4. The monoisotopic (exact) mass is 284 g/mol. The van der Waals surface area contributed by atoms with Gasteiger partial charge in [-0.3, -0.25) is 4.57 Å². The molecule has 1 unspecified atom stereocenters. The molecule has 0 radical (unpaired) electrons. The van der Waals surface area contributed by atoms with Crippen molar-refractivity contribution in [1.29, 1.82) is 0 Å². The second-order valence-corrected chi connectivity index (χ2v) is 6.40. The fourth-order valence-corrected chi connectivity index (χ4v) is 4.12. The second kappa shape index (κ2) is 4.31. The third-order valence-electron chi connectivity index (χ3n) is 4.03. The summed E-state index contributed by atoms with van der Waals surface area (Å²) in [4.78, 5) is 10.5. The van der Waals surface area contributed by atoms with Crippen LogP contribution in [0.15, 0.2) is 23.7 Å². The van der Waals surface area contributed by atoms with E-state index in [9.17, 15) is 0 Å². The van der Waals surface area contributed by atoms with Crippen LogP contribution in [0.2, 0.25) is 0 Å². The Morgan fingerprint density at radius 3 is 3.25 bits per heavy atom. The van der Waals surface area contributed by atoms with Crippen LogP contribution >= 0.6 is 11.3 Å². The fraction of sp³-hybridized carbons (Fsp3) is 0.333. The molecule has 0 amide bonds. The molecule has 0 saturated heterocycles. The SMILES string of the molecule is Cc1cnc2c(c1)nc(N)n2C1CCCc2sccc21. The Labute approximate surface area is 121 Å². The van der Waals surface area contributed by atoms with E-state index in [1.165, 1.54) is 23.3 Å². The van der Waals surface area contributed by atoms with Gasteiger partial charge in [-0.2, -0.15) is 0 Å². The van der Waals surface area contributed by atoms with Crippen LogP contribution in [-0.4, -0.2) is 14.5 Å². The van der Waals surface area contributed by atoms with Gasteiger partial charge in [-0.25, -0.2) is 9.97 Å². The summed E-state index contributed by atoms with van der Waals surface area (Å²) < 4.78 is 2.11. The molecule has 20 heavy (non-hydrogen) atoms. The van der Waals surface area contributed by atoms with Gasteiger partial charge in [0.2, 0.25) is 5.95 Å². The van der Waals surface area contributed by atoms with E-state index in [-0.39, 0.29) is 6.04 Å². The van der Waals surface area contributed by atoms with Gasteiger partial charge < -0.3 is 5.73 Å². The number of aromatic nitrogens is 3. The number of aryl methyl sites for hydroxylation is 2. The lowest BCUT2D eigenvalue weighted by atomic mass is 9.94. The van der Waals surface area contributed by atoms with E-state index in [4.69, 9.17) is 5.73 Å². The van der Waals surface area contributed by atoms with Gasteiger partial charge in [0.15, 0.2) is 5.65 Å². The quantitative estimate of drug-likeness (QED) is 0.746. The van der Waals surface area contributed by atoms with Gasteiger partial charge in [0.1, 0.15) is 5.52 Å². The molecule has 3 heterocycles. The Morgan fingerprint density at radius 1 is 1.45 bits per heavy atom. The first-order valence-electron chi connectivity index (χ1n) is 6.90. The standard InChI is InChI=1S/C15H16N4S/c1-9-7-11-14(17-8-9)19(15(16)18-11)12-3-2-4-13-10(12)5-6-20-13/h5-8,12H,2-4H2,1H3,(H2,16,18). The average molecular weight is 284 g/mol. The summed E-state index contributed by atoms with van der Waals surface area (Å²) in [5.74, 6) is 0.571. The van der Waals surface area contributed by atoms with Gasteiger partial charge in [-0.15, -0.1) is 11.3 Å². The van der Waals surface area contributed by atoms with Crippen molar-refractivity contribution < 1.29 is 0 Å². The van der Waals surface area contributed by atoms with Gasteiger partial charge in [0.25, 0.3) is 0 Å². The molecule has 1 aliphatic rings. The Bertz CT molecular complexity index is 786. The molecule has 1 atom stereocenters. The summed E-state index contributed by atoms with van der Waals surface area (Å²) >= 11 is 1.85. The van der Waals surface area contributed by atoms with Crippen LogP contribution in [0.4, 0.5) is 5.95 Å². The number of thiophene rings is 1. The zero-order valence-corrected chi connectivity index (χ0v) is 12.2. The number of nitrogens with zero attached hydrogens (tertiary/aromatic N) is 3. The van der Waals surface area contributed by atoms with Gasteiger partial charge in [-0.1, -0.05) is 0 Å². The van der Waals surface area contributed by atoms with E-state index in [1.807, 2.05) is 30.5 Å².